The summed E-state index contributed by atoms with van der Waals surface area (Å²) in [6.07, 6.45) is 1.92. The predicted octanol–water partition coefficient (Wildman–Crippen LogP) is 2.64. The molecule has 0 saturated carbocycles. The van der Waals surface area contributed by atoms with E-state index < -0.39 is 5.91 Å². The van der Waals surface area contributed by atoms with Crippen molar-refractivity contribution in [1.29, 1.82) is 0 Å². The number of nitrogens with two attached hydrogens (primary N) is 1. The van der Waals surface area contributed by atoms with Gasteiger partial charge in [-0.25, -0.2) is 0 Å². The summed E-state index contributed by atoms with van der Waals surface area (Å²) in [5.41, 5.74) is 7.62. The van der Waals surface area contributed by atoms with Gasteiger partial charge < -0.3 is 11.1 Å². The summed E-state index contributed by atoms with van der Waals surface area (Å²) in [6, 6.07) is 17.0. The van der Waals surface area contributed by atoms with Crippen LogP contribution in [0.2, 0.25) is 0 Å². The Bertz CT molecular complexity index is 728. The zero-order chi connectivity index (χ0) is 17.6. The van der Waals surface area contributed by atoms with Gasteiger partial charge >= 0.3 is 0 Å². The van der Waals surface area contributed by atoms with Crippen molar-refractivity contribution < 1.29 is 9.59 Å². The van der Waals surface area contributed by atoms with Crippen LogP contribution >= 0.6 is 0 Å². The zero-order valence-electron chi connectivity index (χ0n) is 14.2. The summed E-state index contributed by atoms with van der Waals surface area (Å²) in [5, 5.41) is 2.94. The minimum Gasteiger partial charge on any atom is -0.366 e. The fraction of sp³-hybridized carbons (Fsp3) is 0.300. The molecular weight excluding hydrogens is 314 g/mol. The van der Waals surface area contributed by atoms with E-state index in [0.717, 1.165) is 32.5 Å². The number of likely N-dealkylation sites (tertiary alicyclic amines) is 1. The molecule has 1 saturated heterocycles. The molecule has 2 aromatic rings. The third kappa shape index (κ3) is 4.67. The molecule has 0 aliphatic carbocycles. The molecule has 3 rings (SSSR count). The molecular formula is C20H23N3O2. The number of primary amides is 1. The maximum atomic E-state index is 12.6. The Labute approximate surface area is 147 Å². The average Bonchev–Trinajstić information content (AvgIpc) is 2.63. The predicted molar refractivity (Wildman–Crippen MR) is 98.0 cm³/mol. The Morgan fingerprint density at radius 2 is 1.80 bits per heavy atom. The van der Waals surface area contributed by atoms with Crippen LogP contribution in [0, 0.1) is 5.92 Å². The Hall–Kier alpha value is -2.66. The summed E-state index contributed by atoms with van der Waals surface area (Å²) >= 11 is 0. The number of rotatable bonds is 5. The molecule has 0 unspecified atom stereocenters. The van der Waals surface area contributed by atoms with Crippen LogP contribution in [0.3, 0.4) is 0 Å². The molecule has 0 aromatic heterocycles. The summed E-state index contributed by atoms with van der Waals surface area (Å²) < 4.78 is 0. The van der Waals surface area contributed by atoms with E-state index in [2.05, 4.69) is 22.3 Å². The molecule has 1 aliphatic heterocycles. The van der Waals surface area contributed by atoms with Crippen LogP contribution in [0.5, 0.6) is 0 Å². The average molecular weight is 337 g/mol. The molecule has 5 nitrogen and oxygen atoms in total. The third-order valence-corrected chi connectivity index (χ3v) is 4.56. The second kappa shape index (κ2) is 7.94. The molecule has 2 amide bonds. The Kier molecular flexibility index (Phi) is 5.46. The fourth-order valence-electron chi connectivity index (χ4n) is 3.22. The molecule has 1 heterocycles. The number of piperidine rings is 1. The number of anilines is 1. The summed E-state index contributed by atoms with van der Waals surface area (Å²) in [5.74, 6) is -0.459. The van der Waals surface area contributed by atoms with Crippen molar-refractivity contribution in [2.45, 2.75) is 19.4 Å². The minimum atomic E-state index is -0.471. The monoisotopic (exact) mass is 337 g/mol. The lowest BCUT2D eigenvalue weighted by Gasteiger charge is -2.32. The number of benzene rings is 2. The summed E-state index contributed by atoms with van der Waals surface area (Å²) in [6.45, 7) is 2.66. The van der Waals surface area contributed by atoms with Gasteiger partial charge in [-0.05, 0) is 49.2 Å². The van der Waals surface area contributed by atoms with Crippen molar-refractivity contribution in [3.63, 3.8) is 0 Å². The highest BCUT2D eigenvalue weighted by Gasteiger charge is 2.25. The molecule has 1 fully saturated rings. The van der Waals surface area contributed by atoms with E-state index in [1.807, 2.05) is 18.2 Å². The van der Waals surface area contributed by atoms with Crippen LogP contribution in [0.15, 0.2) is 54.6 Å². The highest BCUT2D eigenvalue weighted by molar-refractivity contribution is 5.95. The van der Waals surface area contributed by atoms with Gasteiger partial charge in [-0.2, -0.15) is 0 Å². The van der Waals surface area contributed by atoms with Crippen molar-refractivity contribution in [2.24, 2.45) is 11.7 Å². The first-order valence-corrected chi connectivity index (χ1v) is 8.59. The van der Waals surface area contributed by atoms with E-state index in [-0.39, 0.29) is 11.8 Å². The number of amides is 2. The first kappa shape index (κ1) is 17.2. The van der Waals surface area contributed by atoms with E-state index in [1.165, 1.54) is 5.56 Å². The minimum absolute atomic E-state index is 0.0201. The number of carbonyl (C=O) groups is 2. The summed E-state index contributed by atoms with van der Waals surface area (Å²) in [4.78, 5) is 26.0. The highest BCUT2D eigenvalue weighted by atomic mass is 16.2. The molecule has 2 aromatic carbocycles. The second-order valence-electron chi connectivity index (χ2n) is 6.49. The van der Waals surface area contributed by atoms with E-state index in [9.17, 15) is 9.59 Å². The number of carbonyl (C=O) groups excluding carboxylic acids is 2. The normalized spacial score (nSPS) is 17.8. The molecule has 1 atom stereocenters. The maximum absolute atomic E-state index is 12.6. The van der Waals surface area contributed by atoms with Crippen LogP contribution in [-0.2, 0) is 11.3 Å². The van der Waals surface area contributed by atoms with Crippen molar-refractivity contribution in [3.05, 3.63) is 65.7 Å². The van der Waals surface area contributed by atoms with Crippen molar-refractivity contribution in [1.82, 2.24) is 4.90 Å². The lowest BCUT2D eigenvalue weighted by Crippen LogP contribution is -2.40. The van der Waals surface area contributed by atoms with Gasteiger partial charge in [0.25, 0.3) is 0 Å². The smallest absolute Gasteiger partial charge is 0.248 e. The quantitative estimate of drug-likeness (QED) is 0.881. The number of hydrogen-bond donors (Lipinski definition) is 2. The van der Waals surface area contributed by atoms with Crippen molar-refractivity contribution >= 4 is 17.5 Å². The maximum Gasteiger partial charge on any atom is 0.248 e. The van der Waals surface area contributed by atoms with Gasteiger partial charge in [0.15, 0.2) is 0 Å². The van der Waals surface area contributed by atoms with Gasteiger partial charge in [-0.15, -0.1) is 0 Å². The van der Waals surface area contributed by atoms with Crippen LogP contribution in [-0.4, -0.2) is 29.8 Å². The summed E-state index contributed by atoms with van der Waals surface area (Å²) in [7, 11) is 0. The molecule has 3 N–H and O–H groups in total. The van der Waals surface area contributed by atoms with Crippen LogP contribution in [0.1, 0.15) is 28.8 Å². The van der Waals surface area contributed by atoms with Gasteiger partial charge in [0.05, 0.1) is 5.92 Å². The molecule has 0 bridgehead atoms. The van der Waals surface area contributed by atoms with E-state index in [1.54, 1.807) is 24.3 Å². The van der Waals surface area contributed by atoms with Crippen LogP contribution < -0.4 is 11.1 Å². The van der Waals surface area contributed by atoms with Gasteiger partial charge in [0.2, 0.25) is 11.8 Å². The first-order valence-electron chi connectivity index (χ1n) is 8.59. The number of nitrogens with one attached hydrogen (secondary N) is 1. The molecule has 1 aliphatic rings. The topological polar surface area (TPSA) is 75.4 Å². The van der Waals surface area contributed by atoms with Gasteiger partial charge in [0, 0.05) is 24.3 Å². The molecule has 130 valence electrons. The van der Waals surface area contributed by atoms with E-state index >= 15 is 0 Å². The van der Waals surface area contributed by atoms with E-state index in [0.29, 0.717) is 11.3 Å². The first-order chi connectivity index (χ1) is 12.1. The van der Waals surface area contributed by atoms with Gasteiger partial charge in [-0.1, -0.05) is 30.3 Å². The Morgan fingerprint density at radius 3 is 2.48 bits per heavy atom. The Morgan fingerprint density at radius 1 is 1.08 bits per heavy atom. The zero-order valence-corrected chi connectivity index (χ0v) is 14.2. The van der Waals surface area contributed by atoms with Gasteiger partial charge in [0.1, 0.15) is 0 Å². The molecule has 5 heteroatoms. The third-order valence-electron chi connectivity index (χ3n) is 4.56. The lowest BCUT2D eigenvalue weighted by molar-refractivity contribution is -0.121. The number of nitrogens with zero attached hydrogens (tertiary/aromatic N) is 1. The molecule has 0 spiro atoms. The fourth-order valence-corrected chi connectivity index (χ4v) is 3.22. The van der Waals surface area contributed by atoms with Crippen LogP contribution in [0.4, 0.5) is 5.69 Å². The van der Waals surface area contributed by atoms with Crippen molar-refractivity contribution in [3.8, 4) is 0 Å². The molecule has 25 heavy (non-hydrogen) atoms. The van der Waals surface area contributed by atoms with E-state index in [4.69, 9.17) is 5.73 Å². The standard InChI is InChI=1S/C20H23N3O2/c21-19(24)16-8-10-18(11-9-16)22-20(25)17-7-4-12-23(14-17)13-15-5-2-1-3-6-15/h1-3,5-6,8-11,17H,4,7,12-14H2,(H2,21,24)(H,22,25)/t17-/m0/s1. The highest BCUT2D eigenvalue weighted by Crippen LogP contribution is 2.20. The molecule has 0 radical (unpaired) electrons. The van der Waals surface area contributed by atoms with Gasteiger partial charge in [-0.3, -0.25) is 14.5 Å². The Balaban J connectivity index is 1.57. The SMILES string of the molecule is NC(=O)c1ccc(NC(=O)[C@H]2CCCN(Cc3ccccc3)C2)cc1. The van der Waals surface area contributed by atoms with Crippen molar-refractivity contribution in [2.75, 3.05) is 18.4 Å². The number of hydrogen-bond acceptors (Lipinski definition) is 3. The van der Waals surface area contributed by atoms with Crippen LogP contribution in [0.25, 0.3) is 0 Å². The largest absolute Gasteiger partial charge is 0.366 e. The second-order valence-corrected chi connectivity index (χ2v) is 6.49. The lowest BCUT2D eigenvalue weighted by atomic mass is 9.96.